The molecule has 0 aliphatic carbocycles. The van der Waals surface area contributed by atoms with Crippen LogP contribution in [0.25, 0.3) is 0 Å². The molecule has 0 spiro atoms. The van der Waals surface area contributed by atoms with Crippen molar-refractivity contribution >= 4 is 5.82 Å². The van der Waals surface area contributed by atoms with Crippen LogP contribution in [0.15, 0.2) is 30.9 Å². The van der Waals surface area contributed by atoms with E-state index in [1.54, 1.807) is 6.08 Å². The van der Waals surface area contributed by atoms with Gasteiger partial charge in [-0.3, -0.25) is 0 Å². The normalized spacial score (nSPS) is 10.1. The molecule has 0 unspecified atom stereocenters. The Kier molecular flexibility index (Phi) is 4.29. The Labute approximate surface area is 124 Å². The first-order valence-electron chi connectivity index (χ1n) is 6.63. The average Bonchev–Trinajstić information content (AvgIpc) is 2.74. The zero-order valence-corrected chi connectivity index (χ0v) is 12.3. The zero-order valence-electron chi connectivity index (χ0n) is 12.3. The van der Waals surface area contributed by atoms with Crippen LogP contribution in [0, 0.1) is 25.2 Å². The zero-order chi connectivity index (χ0) is 15.4. The van der Waals surface area contributed by atoms with Gasteiger partial charge in [-0.15, -0.1) is 11.7 Å². The van der Waals surface area contributed by atoms with Crippen molar-refractivity contribution < 1.29 is 4.74 Å². The smallest absolute Gasteiger partial charge is 0.253 e. The molecule has 5 nitrogen and oxygen atoms in total. The summed E-state index contributed by atoms with van der Waals surface area (Å²) >= 11 is 0. The third-order valence-corrected chi connectivity index (χ3v) is 3.24. The number of nitriles is 1. The van der Waals surface area contributed by atoms with Crippen molar-refractivity contribution in [3.63, 3.8) is 0 Å². The molecule has 1 aromatic carbocycles. The van der Waals surface area contributed by atoms with Crippen LogP contribution in [-0.4, -0.2) is 9.78 Å². The van der Waals surface area contributed by atoms with Gasteiger partial charge < -0.3 is 10.5 Å². The fourth-order valence-electron chi connectivity index (χ4n) is 2.07. The van der Waals surface area contributed by atoms with Crippen molar-refractivity contribution in [3.05, 3.63) is 53.1 Å². The van der Waals surface area contributed by atoms with E-state index in [1.165, 1.54) is 10.2 Å². The highest BCUT2D eigenvalue weighted by Crippen LogP contribution is 2.24. The van der Waals surface area contributed by atoms with Crippen molar-refractivity contribution in [2.24, 2.45) is 0 Å². The molecule has 2 rings (SSSR count). The molecule has 0 atom stereocenters. The van der Waals surface area contributed by atoms with Crippen LogP contribution in [-0.2, 0) is 13.2 Å². The first kappa shape index (κ1) is 14.7. The largest absolute Gasteiger partial charge is 0.471 e. The number of aromatic nitrogens is 2. The minimum absolute atomic E-state index is 0.261. The lowest BCUT2D eigenvalue weighted by atomic mass is 10.1. The summed E-state index contributed by atoms with van der Waals surface area (Å²) in [6.07, 6.45) is 1.67. The van der Waals surface area contributed by atoms with Crippen LogP contribution in [0.1, 0.15) is 22.3 Å². The topological polar surface area (TPSA) is 76.9 Å². The maximum absolute atomic E-state index is 9.18. The number of nitrogen functional groups attached to an aromatic ring is 1. The summed E-state index contributed by atoms with van der Waals surface area (Å²) < 4.78 is 7.18. The molecule has 0 bridgehead atoms. The molecule has 0 saturated heterocycles. The van der Waals surface area contributed by atoms with Crippen molar-refractivity contribution in [2.75, 3.05) is 5.73 Å². The lowest BCUT2D eigenvalue weighted by Gasteiger charge is -2.07. The summed E-state index contributed by atoms with van der Waals surface area (Å²) in [6.45, 7) is 8.50. The Bertz CT molecular complexity index is 710. The average molecular weight is 282 g/mol. The SMILES string of the molecule is C=CCn1nc(OCc2ccc(C)cc2C)c(C#N)c1N. The maximum atomic E-state index is 9.18. The Morgan fingerprint density at radius 2 is 2.24 bits per heavy atom. The standard InChI is InChI=1S/C16H18N4O/c1-4-7-20-15(18)14(9-17)16(19-20)21-10-13-6-5-11(2)8-12(13)3/h4-6,8H,1,7,10,18H2,2-3H3. The van der Waals surface area contributed by atoms with Gasteiger partial charge in [0, 0.05) is 0 Å². The summed E-state index contributed by atoms with van der Waals surface area (Å²) in [6, 6.07) is 8.17. The second-order valence-corrected chi connectivity index (χ2v) is 4.87. The number of allylic oxidation sites excluding steroid dienone is 1. The van der Waals surface area contributed by atoms with Crippen molar-refractivity contribution in [2.45, 2.75) is 27.0 Å². The Morgan fingerprint density at radius 1 is 1.48 bits per heavy atom. The molecule has 5 heteroatoms. The minimum atomic E-state index is 0.261. The van der Waals surface area contributed by atoms with Crippen molar-refractivity contribution in [1.82, 2.24) is 9.78 Å². The maximum Gasteiger partial charge on any atom is 0.253 e. The Balaban J connectivity index is 2.22. The Morgan fingerprint density at radius 3 is 2.86 bits per heavy atom. The van der Waals surface area contributed by atoms with Gasteiger partial charge in [-0.05, 0) is 25.0 Å². The minimum Gasteiger partial charge on any atom is -0.471 e. The van der Waals surface area contributed by atoms with Gasteiger partial charge in [0.2, 0.25) is 0 Å². The molecule has 0 aliphatic heterocycles. The summed E-state index contributed by atoms with van der Waals surface area (Å²) in [4.78, 5) is 0. The van der Waals surface area contributed by atoms with Crippen LogP contribution in [0.2, 0.25) is 0 Å². The predicted molar refractivity (Wildman–Crippen MR) is 81.8 cm³/mol. The van der Waals surface area contributed by atoms with Gasteiger partial charge in [0.25, 0.3) is 5.88 Å². The highest BCUT2D eigenvalue weighted by Gasteiger charge is 2.16. The van der Waals surface area contributed by atoms with Gasteiger partial charge in [-0.2, -0.15) is 5.26 Å². The molecular formula is C16H18N4O. The van der Waals surface area contributed by atoms with E-state index in [1.807, 2.05) is 32.0 Å². The molecule has 1 aromatic heterocycles. The number of anilines is 1. The van der Waals surface area contributed by atoms with Crippen molar-refractivity contribution in [3.8, 4) is 11.9 Å². The van der Waals surface area contributed by atoms with Crippen LogP contribution >= 0.6 is 0 Å². The van der Waals surface area contributed by atoms with Gasteiger partial charge in [-0.1, -0.05) is 29.8 Å². The van der Waals surface area contributed by atoms with Gasteiger partial charge in [-0.25, -0.2) is 4.68 Å². The molecule has 0 saturated carbocycles. The van der Waals surface area contributed by atoms with Gasteiger partial charge in [0.15, 0.2) is 5.56 Å². The molecule has 2 aromatic rings. The van der Waals surface area contributed by atoms with E-state index in [0.29, 0.717) is 19.0 Å². The number of hydrogen-bond acceptors (Lipinski definition) is 4. The second-order valence-electron chi connectivity index (χ2n) is 4.87. The van der Waals surface area contributed by atoms with Crippen LogP contribution in [0.3, 0.4) is 0 Å². The molecule has 0 fully saturated rings. The number of nitrogens with zero attached hydrogens (tertiary/aromatic N) is 3. The van der Waals surface area contributed by atoms with Gasteiger partial charge in [0.05, 0.1) is 6.54 Å². The molecular weight excluding hydrogens is 264 g/mol. The summed E-state index contributed by atoms with van der Waals surface area (Å²) in [5, 5.41) is 13.4. The molecule has 1 heterocycles. The number of aryl methyl sites for hydroxylation is 2. The highest BCUT2D eigenvalue weighted by molar-refractivity contribution is 5.55. The molecule has 108 valence electrons. The molecule has 0 aliphatic rings. The number of benzene rings is 1. The summed E-state index contributed by atoms with van der Waals surface area (Å²) in [7, 11) is 0. The Hall–Kier alpha value is -2.74. The van der Waals surface area contributed by atoms with E-state index in [0.717, 1.165) is 11.1 Å². The fourth-order valence-corrected chi connectivity index (χ4v) is 2.07. The highest BCUT2D eigenvalue weighted by atomic mass is 16.5. The lowest BCUT2D eigenvalue weighted by Crippen LogP contribution is -2.03. The van der Waals surface area contributed by atoms with E-state index in [4.69, 9.17) is 10.5 Å². The quantitative estimate of drug-likeness (QED) is 0.855. The van der Waals surface area contributed by atoms with Gasteiger partial charge in [0.1, 0.15) is 18.5 Å². The molecule has 0 radical (unpaired) electrons. The van der Waals surface area contributed by atoms with E-state index in [-0.39, 0.29) is 11.4 Å². The van der Waals surface area contributed by atoms with Crippen molar-refractivity contribution in [1.29, 1.82) is 5.26 Å². The van der Waals surface area contributed by atoms with Crippen LogP contribution in [0.5, 0.6) is 5.88 Å². The van der Waals surface area contributed by atoms with E-state index in [2.05, 4.69) is 17.7 Å². The first-order chi connectivity index (χ1) is 10.1. The van der Waals surface area contributed by atoms with Gasteiger partial charge >= 0.3 is 0 Å². The van der Waals surface area contributed by atoms with Crippen LogP contribution in [0.4, 0.5) is 5.82 Å². The van der Waals surface area contributed by atoms with E-state index >= 15 is 0 Å². The van der Waals surface area contributed by atoms with E-state index in [9.17, 15) is 5.26 Å². The summed E-state index contributed by atoms with van der Waals surface area (Å²) in [5.41, 5.74) is 9.54. The first-order valence-corrected chi connectivity index (χ1v) is 6.63. The third-order valence-electron chi connectivity index (χ3n) is 3.24. The summed E-state index contributed by atoms with van der Waals surface area (Å²) in [5.74, 6) is 0.560. The van der Waals surface area contributed by atoms with E-state index < -0.39 is 0 Å². The molecule has 0 amide bonds. The molecule has 2 N–H and O–H groups in total. The molecule has 21 heavy (non-hydrogen) atoms. The lowest BCUT2D eigenvalue weighted by molar-refractivity contribution is 0.288. The third kappa shape index (κ3) is 3.06. The second kappa shape index (κ2) is 6.14. The monoisotopic (exact) mass is 282 g/mol. The fraction of sp³-hybridized carbons (Fsp3) is 0.250. The number of rotatable bonds is 5. The predicted octanol–water partition coefficient (Wildman–Crippen LogP) is 2.72. The number of nitrogens with two attached hydrogens (primary N) is 1. The number of ether oxygens (including phenoxy) is 1. The van der Waals surface area contributed by atoms with Crippen LogP contribution < -0.4 is 10.5 Å². The number of hydrogen-bond donors (Lipinski definition) is 1.